The van der Waals surface area contributed by atoms with Crippen molar-refractivity contribution in [1.82, 2.24) is 15.5 Å². The largest absolute Gasteiger partial charge is 0.465 e. The molecule has 161 valence electrons. The number of piperidine rings is 1. The summed E-state index contributed by atoms with van der Waals surface area (Å²) >= 11 is 0. The molecule has 1 N–H and O–H groups in total. The Morgan fingerprint density at radius 1 is 1.41 bits per heavy atom. The zero-order valence-corrected chi connectivity index (χ0v) is 18.2. The van der Waals surface area contributed by atoms with Crippen LogP contribution in [0.2, 0.25) is 0 Å². The van der Waals surface area contributed by atoms with Crippen LogP contribution in [-0.4, -0.2) is 66.7 Å². The minimum atomic E-state index is -0.682. The van der Waals surface area contributed by atoms with E-state index in [1.807, 2.05) is 19.9 Å². The van der Waals surface area contributed by atoms with Gasteiger partial charge in [0, 0.05) is 19.5 Å². The molecule has 0 aromatic carbocycles. The third-order valence-corrected chi connectivity index (χ3v) is 3.95. The summed E-state index contributed by atoms with van der Waals surface area (Å²) in [5.74, 6) is -0.384. The van der Waals surface area contributed by atoms with Crippen molar-refractivity contribution in [3.8, 4) is 6.19 Å². The van der Waals surface area contributed by atoms with Crippen LogP contribution in [0.15, 0.2) is 16.6 Å². The summed E-state index contributed by atoms with van der Waals surface area (Å²) in [7, 11) is 0. The van der Waals surface area contributed by atoms with Crippen molar-refractivity contribution in [3.63, 3.8) is 0 Å². The topological polar surface area (TPSA) is 118 Å². The molecule has 1 aliphatic rings. The molecule has 29 heavy (non-hydrogen) atoms. The van der Waals surface area contributed by atoms with E-state index in [-0.39, 0.29) is 19.1 Å². The third-order valence-electron chi connectivity index (χ3n) is 3.95. The van der Waals surface area contributed by atoms with Crippen LogP contribution in [0, 0.1) is 11.5 Å². The molecule has 2 unspecified atom stereocenters. The first-order valence-electron chi connectivity index (χ1n) is 9.72. The van der Waals surface area contributed by atoms with Gasteiger partial charge in [-0.05, 0) is 41.5 Å². The number of nitriles is 1. The van der Waals surface area contributed by atoms with Crippen molar-refractivity contribution >= 4 is 17.8 Å². The summed E-state index contributed by atoms with van der Waals surface area (Å²) in [5, 5.41) is 16.5. The van der Waals surface area contributed by atoms with Crippen LogP contribution in [0.3, 0.4) is 0 Å². The van der Waals surface area contributed by atoms with Crippen molar-refractivity contribution in [3.05, 3.63) is 11.6 Å². The zero-order chi connectivity index (χ0) is 22.0. The van der Waals surface area contributed by atoms with Gasteiger partial charge in [-0.15, -0.1) is 0 Å². The van der Waals surface area contributed by atoms with Gasteiger partial charge in [0.25, 0.3) is 0 Å². The van der Waals surface area contributed by atoms with Crippen LogP contribution in [0.4, 0.5) is 4.79 Å². The minimum absolute atomic E-state index is 0.00187. The fourth-order valence-corrected chi connectivity index (χ4v) is 2.79. The second-order valence-electron chi connectivity index (χ2n) is 7.91. The second-order valence-corrected chi connectivity index (χ2v) is 7.91. The highest BCUT2D eigenvalue weighted by atomic mass is 16.6. The molecule has 0 aromatic heterocycles. The van der Waals surface area contributed by atoms with E-state index in [2.05, 4.69) is 15.6 Å². The van der Waals surface area contributed by atoms with Crippen LogP contribution in [0.25, 0.3) is 0 Å². The summed E-state index contributed by atoms with van der Waals surface area (Å²) < 4.78 is 10.5. The Kier molecular flexibility index (Phi) is 9.78. The lowest BCUT2D eigenvalue weighted by molar-refractivity contribution is -0.145. The molecule has 1 aliphatic heterocycles. The van der Waals surface area contributed by atoms with Gasteiger partial charge in [-0.3, -0.25) is 9.69 Å². The monoisotopic (exact) mass is 406 g/mol. The first-order chi connectivity index (χ1) is 13.6. The molecule has 1 fully saturated rings. The lowest BCUT2D eigenvalue weighted by Crippen LogP contribution is -2.63. The minimum Gasteiger partial charge on any atom is -0.465 e. The third kappa shape index (κ3) is 9.07. The van der Waals surface area contributed by atoms with Crippen LogP contribution in [-0.2, 0) is 14.3 Å². The molecule has 1 saturated heterocycles. The van der Waals surface area contributed by atoms with Gasteiger partial charge in [-0.25, -0.2) is 10.1 Å². The van der Waals surface area contributed by atoms with E-state index in [0.29, 0.717) is 25.2 Å². The number of ether oxygens (including phenoxy) is 2. The van der Waals surface area contributed by atoms with Gasteiger partial charge in [-0.1, -0.05) is 11.6 Å². The maximum Gasteiger partial charge on any atom is 0.408 e. The predicted octanol–water partition coefficient (Wildman–Crippen LogP) is 1.97. The number of aliphatic imine (C=N–C) groups is 1. The number of allylic oxidation sites excluding steroid dienone is 1. The van der Waals surface area contributed by atoms with E-state index in [9.17, 15) is 9.59 Å². The van der Waals surface area contributed by atoms with Gasteiger partial charge < -0.3 is 14.8 Å². The van der Waals surface area contributed by atoms with Gasteiger partial charge in [-0.2, -0.15) is 10.3 Å². The zero-order valence-electron chi connectivity index (χ0n) is 18.2. The number of alkyl carbamates (subject to hydrolysis) is 1. The Labute approximate surface area is 173 Å². The lowest BCUT2D eigenvalue weighted by atomic mass is 9.99. The summed E-state index contributed by atoms with van der Waals surface area (Å²) in [6.45, 7) is 12.1. The molecule has 0 saturated carbocycles. The van der Waals surface area contributed by atoms with Crippen LogP contribution in [0.5, 0.6) is 0 Å². The Balaban J connectivity index is 3.16. The van der Waals surface area contributed by atoms with E-state index < -0.39 is 23.9 Å². The quantitative estimate of drug-likeness (QED) is 0.392. The highest BCUT2D eigenvalue weighted by Crippen LogP contribution is 2.16. The number of hydrogen-bond donors (Lipinski definition) is 1. The maximum absolute atomic E-state index is 12.4. The first-order valence-corrected chi connectivity index (χ1v) is 9.72. The molecule has 1 amide bonds. The summed E-state index contributed by atoms with van der Waals surface area (Å²) in [5.41, 5.74) is 0.909. The van der Waals surface area contributed by atoms with Crippen molar-refractivity contribution in [2.75, 3.05) is 26.2 Å². The number of carbonyl (C=O) groups is 2. The number of hydrogen-bond acceptors (Lipinski definition) is 7. The van der Waals surface area contributed by atoms with Crippen LogP contribution in [0.1, 0.15) is 48.0 Å². The molecule has 9 heteroatoms. The van der Waals surface area contributed by atoms with Crippen molar-refractivity contribution in [2.24, 2.45) is 4.99 Å². The standard InChI is InChI=1S/C20H32N5O4/c1-7-28-16(26)12-25(11-9-14(2)3)18-17(15(23-13-21)8-10-22-18)24-19(27)29-20(4,5)6/h9,17-18H,7-8,10-12H2,1-6H3,(H,24,27). The Morgan fingerprint density at radius 2 is 2.10 bits per heavy atom. The molecule has 0 aliphatic carbocycles. The van der Waals surface area contributed by atoms with Crippen molar-refractivity contribution in [1.29, 1.82) is 5.26 Å². The lowest BCUT2D eigenvalue weighted by Gasteiger charge is -2.39. The normalized spacial score (nSPS) is 20.7. The van der Waals surface area contributed by atoms with Gasteiger partial charge in [0.1, 0.15) is 17.8 Å². The maximum atomic E-state index is 12.4. The fourth-order valence-electron chi connectivity index (χ4n) is 2.79. The Bertz CT molecular complexity index is 671. The number of rotatable bonds is 7. The van der Waals surface area contributed by atoms with E-state index in [0.717, 1.165) is 5.57 Å². The molecule has 1 radical (unpaired) electrons. The average Bonchev–Trinajstić information content (AvgIpc) is 2.59. The number of carbonyl (C=O) groups excluding carboxylic acids is 2. The second kappa shape index (κ2) is 11.5. The molecule has 0 spiro atoms. The van der Waals surface area contributed by atoms with Gasteiger partial charge >= 0.3 is 12.1 Å². The molecule has 0 bridgehead atoms. The van der Waals surface area contributed by atoms with Gasteiger partial charge in [0.15, 0.2) is 0 Å². The summed E-state index contributed by atoms with van der Waals surface area (Å²) in [4.78, 5) is 30.2. The van der Waals surface area contributed by atoms with E-state index in [4.69, 9.17) is 14.7 Å². The summed E-state index contributed by atoms with van der Waals surface area (Å²) in [6, 6.07) is -0.682. The first kappa shape index (κ1) is 24.6. The number of nitrogens with one attached hydrogen (secondary N) is 1. The number of esters is 1. The van der Waals surface area contributed by atoms with Crippen LogP contribution >= 0.6 is 0 Å². The Hall–Kier alpha value is -2.44. The number of amides is 1. The molecule has 1 rings (SSSR count). The fraction of sp³-hybridized carbons (Fsp3) is 0.700. The SMILES string of the molecule is CCOC(=O)CN(CC=C(C)C)C1[N]CCC(=NC#N)C1NC(=O)OC(C)(C)C. The smallest absolute Gasteiger partial charge is 0.408 e. The summed E-state index contributed by atoms with van der Waals surface area (Å²) in [6.07, 6.45) is 2.99. The highest BCUT2D eigenvalue weighted by molar-refractivity contribution is 5.94. The van der Waals surface area contributed by atoms with Crippen LogP contribution < -0.4 is 10.6 Å². The molecular weight excluding hydrogens is 374 g/mol. The average molecular weight is 407 g/mol. The molecule has 2 atom stereocenters. The van der Waals surface area contributed by atoms with Gasteiger partial charge in [0.2, 0.25) is 6.19 Å². The molecule has 1 heterocycles. The number of nitrogens with zero attached hydrogens (tertiary/aromatic N) is 4. The van der Waals surface area contributed by atoms with E-state index >= 15 is 0 Å². The van der Waals surface area contributed by atoms with Crippen molar-refractivity contribution in [2.45, 2.75) is 65.8 Å². The molecular formula is C20H32N5O4. The molecule has 0 aromatic rings. The highest BCUT2D eigenvalue weighted by Gasteiger charge is 2.38. The molecule has 9 nitrogen and oxygen atoms in total. The van der Waals surface area contributed by atoms with Crippen molar-refractivity contribution < 1.29 is 19.1 Å². The van der Waals surface area contributed by atoms with Gasteiger partial charge in [0.05, 0.1) is 18.9 Å². The predicted molar refractivity (Wildman–Crippen MR) is 109 cm³/mol. The van der Waals surface area contributed by atoms with E-state index in [1.54, 1.807) is 38.8 Å². The van der Waals surface area contributed by atoms with E-state index in [1.165, 1.54) is 0 Å². The Morgan fingerprint density at radius 3 is 2.66 bits per heavy atom.